The van der Waals surface area contributed by atoms with Crippen molar-refractivity contribution in [3.05, 3.63) is 35.4 Å². The molecule has 2 rings (SSSR count). The van der Waals surface area contributed by atoms with Gasteiger partial charge in [-0.3, -0.25) is 4.79 Å². The largest absolute Gasteiger partial charge is 0.293 e. The average Bonchev–Trinajstić information content (AvgIpc) is 2.46. The second kappa shape index (κ2) is 6.69. The van der Waals surface area contributed by atoms with Crippen LogP contribution in [0.15, 0.2) is 24.3 Å². The Balaban J connectivity index is 2.07. The van der Waals surface area contributed by atoms with Gasteiger partial charge in [0.15, 0.2) is 5.78 Å². The number of benzene rings is 1. The van der Waals surface area contributed by atoms with Gasteiger partial charge in [-0.15, -0.1) is 0 Å². The second-order valence-electron chi connectivity index (χ2n) is 5.97. The second-order valence-corrected chi connectivity index (χ2v) is 6.95. The molecule has 0 aromatic heterocycles. The molecular weight excluding hydrogens is 300 g/mol. The molecule has 1 nitrogen and oxygen atoms in total. The molecule has 0 aliphatic heterocycles. The predicted molar refractivity (Wildman–Crippen MR) is 84.2 cm³/mol. The summed E-state index contributed by atoms with van der Waals surface area (Å²) < 4.78 is 0. The van der Waals surface area contributed by atoms with E-state index < -0.39 is 0 Å². The van der Waals surface area contributed by atoms with Crippen molar-refractivity contribution in [2.45, 2.75) is 56.7 Å². The molecule has 104 valence electrons. The lowest BCUT2D eigenvalue weighted by Crippen LogP contribution is -2.20. The van der Waals surface area contributed by atoms with E-state index >= 15 is 0 Å². The minimum atomic E-state index is -0.0759. The summed E-state index contributed by atoms with van der Waals surface area (Å²) in [5.41, 5.74) is 2.24. The van der Waals surface area contributed by atoms with Crippen molar-refractivity contribution < 1.29 is 4.79 Å². The summed E-state index contributed by atoms with van der Waals surface area (Å²) in [5, 5.41) is 0. The lowest BCUT2D eigenvalue weighted by atomic mass is 9.83. The summed E-state index contributed by atoms with van der Waals surface area (Å²) in [6.45, 7) is 4.13. The molecule has 0 heterocycles. The van der Waals surface area contributed by atoms with Crippen molar-refractivity contribution in [2.24, 2.45) is 5.92 Å². The third-order valence-electron chi connectivity index (χ3n) is 4.11. The van der Waals surface area contributed by atoms with E-state index in [1.165, 1.54) is 37.7 Å². The minimum Gasteiger partial charge on any atom is -0.293 e. The van der Waals surface area contributed by atoms with Gasteiger partial charge in [-0.25, -0.2) is 0 Å². The molecule has 0 spiro atoms. The van der Waals surface area contributed by atoms with Crippen LogP contribution in [0.5, 0.6) is 0 Å². The number of Topliss-reactive ketones (excluding diaryl/α,β-unsaturated/α-hetero) is 1. The van der Waals surface area contributed by atoms with Crippen LogP contribution in [-0.4, -0.2) is 10.6 Å². The molecule has 1 aliphatic carbocycles. The number of halogens is 1. The summed E-state index contributed by atoms with van der Waals surface area (Å²) in [6, 6.07) is 8.32. The van der Waals surface area contributed by atoms with E-state index in [-0.39, 0.29) is 10.6 Å². The highest BCUT2D eigenvalue weighted by molar-refractivity contribution is 9.10. The highest BCUT2D eigenvalue weighted by Gasteiger charge is 2.21. The fraction of sp³-hybridized carbons (Fsp3) is 0.588. The molecular formula is C17H23BrO. The van der Waals surface area contributed by atoms with Crippen LogP contribution in [0.3, 0.4) is 0 Å². The first-order valence-electron chi connectivity index (χ1n) is 7.38. The van der Waals surface area contributed by atoms with Crippen LogP contribution in [0.4, 0.5) is 0 Å². The number of hydrogen-bond acceptors (Lipinski definition) is 1. The van der Waals surface area contributed by atoms with Gasteiger partial charge in [0, 0.05) is 5.56 Å². The minimum absolute atomic E-state index is 0.0759. The Morgan fingerprint density at radius 1 is 1.11 bits per heavy atom. The van der Waals surface area contributed by atoms with Gasteiger partial charge in [0.05, 0.1) is 4.83 Å². The van der Waals surface area contributed by atoms with Gasteiger partial charge < -0.3 is 0 Å². The molecule has 1 atom stereocenters. The number of ketones is 1. The SMILES string of the molecule is CC(C)C(Br)C(=O)c1ccc(C2CCCCC2)cc1. The maximum absolute atomic E-state index is 12.2. The zero-order chi connectivity index (χ0) is 13.8. The number of hydrogen-bond donors (Lipinski definition) is 0. The zero-order valence-electron chi connectivity index (χ0n) is 11.9. The van der Waals surface area contributed by atoms with Crippen molar-refractivity contribution >= 4 is 21.7 Å². The Hall–Kier alpha value is -0.630. The highest BCUT2D eigenvalue weighted by atomic mass is 79.9. The molecule has 0 N–H and O–H groups in total. The number of carbonyl (C=O) groups excluding carboxylic acids is 1. The van der Waals surface area contributed by atoms with Gasteiger partial charge in [0.1, 0.15) is 0 Å². The number of alkyl halides is 1. The quantitative estimate of drug-likeness (QED) is 0.540. The van der Waals surface area contributed by atoms with Crippen molar-refractivity contribution in [2.75, 3.05) is 0 Å². The average molecular weight is 323 g/mol. The van der Waals surface area contributed by atoms with Crippen molar-refractivity contribution in [1.29, 1.82) is 0 Å². The molecule has 0 bridgehead atoms. The molecule has 1 aromatic carbocycles. The molecule has 0 radical (unpaired) electrons. The van der Waals surface area contributed by atoms with Crippen LogP contribution < -0.4 is 0 Å². The predicted octanol–water partition coefficient (Wildman–Crippen LogP) is 5.34. The van der Waals surface area contributed by atoms with Crippen LogP contribution in [0.25, 0.3) is 0 Å². The summed E-state index contributed by atoms with van der Waals surface area (Å²) in [7, 11) is 0. The maximum atomic E-state index is 12.2. The van der Waals surface area contributed by atoms with Crippen LogP contribution in [0.2, 0.25) is 0 Å². The van der Waals surface area contributed by atoms with Crippen LogP contribution >= 0.6 is 15.9 Å². The lowest BCUT2D eigenvalue weighted by Gasteiger charge is -2.22. The van der Waals surface area contributed by atoms with Crippen molar-refractivity contribution in [3.8, 4) is 0 Å². The van der Waals surface area contributed by atoms with E-state index in [2.05, 4.69) is 41.9 Å². The van der Waals surface area contributed by atoms with Gasteiger partial charge >= 0.3 is 0 Å². The number of rotatable bonds is 4. The molecule has 19 heavy (non-hydrogen) atoms. The highest BCUT2D eigenvalue weighted by Crippen LogP contribution is 2.32. The van der Waals surface area contributed by atoms with Gasteiger partial charge in [-0.05, 0) is 30.2 Å². The summed E-state index contributed by atoms with van der Waals surface area (Å²) in [4.78, 5) is 12.2. The van der Waals surface area contributed by atoms with Gasteiger partial charge in [0.25, 0.3) is 0 Å². The molecule has 1 fully saturated rings. The normalized spacial score (nSPS) is 18.5. The summed E-state index contributed by atoms with van der Waals surface area (Å²) in [5.74, 6) is 1.23. The van der Waals surface area contributed by atoms with Crippen molar-refractivity contribution in [1.82, 2.24) is 0 Å². The van der Waals surface area contributed by atoms with Crippen LogP contribution in [0, 0.1) is 5.92 Å². The van der Waals surface area contributed by atoms with E-state index in [9.17, 15) is 4.79 Å². The van der Waals surface area contributed by atoms with Gasteiger partial charge in [-0.2, -0.15) is 0 Å². The van der Waals surface area contributed by atoms with Gasteiger partial charge in [0.2, 0.25) is 0 Å². The first kappa shape index (κ1) is 14.8. The van der Waals surface area contributed by atoms with Crippen LogP contribution in [0.1, 0.15) is 67.8 Å². The summed E-state index contributed by atoms with van der Waals surface area (Å²) in [6.07, 6.45) is 6.69. The smallest absolute Gasteiger partial charge is 0.176 e. The fourth-order valence-electron chi connectivity index (χ4n) is 2.82. The van der Waals surface area contributed by atoms with E-state index in [0.29, 0.717) is 11.8 Å². The Morgan fingerprint density at radius 3 is 2.21 bits per heavy atom. The molecule has 1 saturated carbocycles. The van der Waals surface area contributed by atoms with E-state index in [1.54, 1.807) is 0 Å². The molecule has 1 unspecified atom stereocenters. The molecule has 0 saturated heterocycles. The Bertz CT molecular complexity index is 415. The van der Waals surface area contributed by atoms with Crippen LogP contribution in [-0.2, 0) is 0 Å². The molecule has 1 aromatic rings. The Labute approximate surface area is 124 Å². The fourth-order valence-corrected chi connectivity index (χ4v) is 3.08. The standard InChI is InChI=1S/C17H23BrO/c1-12(2)16(18)17(19)15-10-8-14(9-11-15)13-6-4-3-5-7-13/h8-13,16H,3-7H2,1-2H3. The van der Waals surface area contributed by atoms with Gasteiger partial charge in [-0.1, -0.05) is 73.3 Å². The zero-order valence-corrected chi connectivity index (χ0v) is 13.4. The summed E-state index contributed by atoms with van der Waals surface area (Å²) >= 11 is 3.49. The van der Waals surface area contributed by atoms with Crippen molar-refractivity contribution in [3.63, 3.8) is 0 Å². The third kappa shape index (κ3) is 3.68. The molecule has 0 amide bonds. The molecule has 1 aliphatic rings. The first-order chi connectivity index (χ1) is 9.09. The van der Waals surface area contributed by atoms with E-state index in [4.69, 9.17) is 0 Å². The third-order valence-corrected chi connectivity index (χ3v) is 5.58. The number of carbonyl (C=O) groups is 1. The van der Waals surface area contributed by atoms with E-state index in [1.807, 2.05) is 12.1 Å². The monoisotopic (exact) mass is 322 g/mol. The van der Waals surface area contributed by atoms with E-state index in [0.717, 1.165) is 5.56 Å². The topological polar surface area (TPSA) is 17.1 Å². The lowest BCUT2D eigenvalue weighted by molar-refractivity contribution is 0.0978. The maximum Gasteiger partial charge on any atom is 0.176 e. The Kier molecular flexibility index (Phi) is 5.20. The Morgan fingerprint density at radius 2 is 1.68 bits per heavy atom. The molecule has 2 heteroatoms. The first-order valence-corrected chi connectivity index (χ1v) is 8.29.